The highest BCUT2D eigenvalue weighted by molar-refractivity contribution is 7.80. The lowest BCUT2D eigenvalue weighted by Gasteiger charge is -1.85. The molecule has 0 heterocycles. The van der Waals surface area contributed by atoms with E-state index in [0.717, 1.165) is 0 Å². The van der Waals surface area contributed by atoms with Gasteiger partial charge in [0, 0.05) is 14.1 Å². The Kier molecular flexibility index (Phi) is 34.7. The van der Waals surface area contributed by atoms with Gasteiger partial charge in [0.1, 0.15) is 0 Å². The number of nitrogens with zero attached hydrogens (tertiary/aromatic N) is 1. The number of nitrogens with one attached hydrogen (secondary N) is 1. The third-order valence-electron chi connectivity index (χ3n) is 0.338. The van der Waals surface area contributed by atoms with Crippen LogP contribution in [0, 0.1) is 0 Å². The second kappa shape index (κ2) is 22.7. The first-order valence-corrected chi connectivity index (χ1v) is 3.51. The fourth-order valence-electron chi connectivity index (χ4n) is 0. The molecular weight excluding hydrogens is 180 g/mol. The van der Waals surface area contributed by atoms with Crippen molar-refractivity contribution >= 4 is 34.7 Å². The smallest absolute Gasteiger partial charge is 0.163 e. The van der Waals surface area contributed by atoms with Crippen LogP contribution in [0.25, 0.3) is 0 Å². The fraction of sp³-hybridized carbons (Fsp3) is 0.600. The van der Waals surface area contributed by atoms with Gasteiger partial charge in [0.15, 0.2) is 5.11 Å². The number of thiocarbonyl (C=S) groups is 2. The van der Waals surface area contributed by atoms with Crippen molar-refractivity contribution in [3.05, 3.63) is 0 Å². The average Bonchev–Trinajstić information content (AvgIpc) is 2.08. The predicted molar refractivity (Wildman–Crippen MR) is 56.9 cm³/mol. The van der Waals surface area contributed by atoms with Crippen molar-refractivity contribution in [2.75, 3.05) is 21.1 Å². The predicted octanol–water partition coefficient (Wildman–Crippen LogP) is -0.257. The van der Waals surface area contributed by atoms with Gasteiger partial charge in [0.05, 0.1) is 5.16 Å². The lowest BCUT2D eigenvalue weighted by molar-refractivity contribution is 1.18. The Morgan fingerprint density at radius 3 is 1.73 bits per heavy atom. The van der Waals surface area contributed by atoms with Crippen molar-refractivity contribution in [1.82, 2.24) is 5.32 Å². The van der Waals surface area contributed by atoms with Crippen molar-refractivity contribution < 1.29 is 0 Å². The molecule has 4 nitrogen and oxygen atoms in total. The number of nitrogens with two attached hydrogens (primary N) is 2. The van der Waals surface area contributed by atoms with Crippen LogP contribution in [0.4, 0.5) is 0 Å². The molecule has 5 N–H and O–H groups in total. The summed E-state index contributed by atoms with van der Waals surface area (Å²) in [6, 6.07) is 0. The van der Waals surface area contributed by atoms with Crippen molar-refractivity contribution in [2.24, 2.45) is 16.5 Å². The molecule has 66 valence electrons. The van der Waals surface area contributed by atoms with Gasteiger partial charge in [-0.25, -0.2) is 4.99 Å². The topological polar surface area (TPSA) is 76.4 Å². The minimum atomic E-state index is 0.338. The second-order valence-electron chi connectivity index (χ2n) is 0.929. The Labute approximate surface area is 78.1 Å². The summed E-state index contributed by atoms with van der Waals surface area (Å²) in [4.78, 5) is 3.30. The van der Waals surface area contributed by atoms with Gasteiger partial charge in [-0.3, -0.25) is 0 Å². The van der Waals surface area contributed by atoms with E-state index in [-0.39, 0.29) is 0 Å². The first-order valence-electron chi connectivity index (χ1n) is 2.70. The van der Waals surface area contributed by atoms with Crippen LogP contribution in [-0.2, 0) is 0 Å². The van der Waals surface area contributed by atoms with E-state index in [2.05, 4.69) is 45.6 Å². The first-order chi connectivity index (χ1) is 5.18. The van der Waals surface area contributed by atoms with E-state index in [1.807, 2.05) is 0 Å². The maximum Gasteiger partial charge on any atom is 0.163 e. The maximum atomic E-state index is 4.91. The zero-order valence-electron chi connectivity index (χ0n) is 6.92. The van der Waals surface area contributed by atoms with Crippen molar-refractivity contribution in [2.45, 2.75) is 0 Å². The lowest BCUT2D eigenvalue weighted by Crippen LogP contribution is -2.24. The third-order valence-corrected chi connectivity index (χ3v) is 0.724. The van der Waals surface area contributed by atoms with Gasteiger partial charge < -0.3 is 16.8 Å². The van der Waals surface area contributed by atoms with Crippen LogP contribution < -0.4 is 16.8 Å². The third kappa shape index (κ3) is 87.4. The summed E-state index contributed by atoms with van der Waals surface area (Å²) < 4.78 is 0. The molecule has 0 aliphatic carbocycles. The van der Waals surface area contributed by atoms with Crippen molar-refractivity contribution in [3.63, 3.8) is 0 Å². The van der Waals surface area contributed by atoms with Gasteiger partial charge in [-0.1, -0.05) is 0 Å². The minimum Gasteiger partial charge on any atom is -0.376 e. The monoisotopic (exact) mass is 194 g/mol. The van der Waals surface area contributed by atoms with Crippen LogP contribution >= 0.6 is 24.4 Å². The summed E-state index contributed by atoms with van der Waals surface area (Å²) in [5, 5.41) is 5.01. The Balaban J connectivity index is -0.0000000965. The first kappa shape index (κ1) is 16.8. The highest BCUT2D eigenvalue weighted by Gasteiger charge is 1.66. The standard InChI is InChI=1S/C2H6N2S.C2H3NS.CH5N/c1-4-2(3)5;1-3-2-4;1-2/h1H3,(H3,3,4,5);1H3;2H2,1H3. The molecular formula is C5H14N4S2. The summed E-state index contributed by atoms with van der Waals surface area (Å²) in [6.07, 6.45) is 0. The van der Waals surface area contributed by atoms with Gasteiger partial charge in [0.25, 0.3) is 0 Å². The Bertz CT molecular complexity index is 120. The molecule has 6 heteroatoms. The lowest BCUT2D eigenvalue weighted by atomic mass is 11.1. The average molecular weight is 194 g/mol. The van der Waals surface area contributed by atoms with Crippen LogP contribution in [0.1, 0.15) is 0 Å². The van der Waals surface area contributed by atoms with E-state index in [1.54, 1.807) is 14.1 Å². The summed E-state index contributed by atoms with van der Waals surface area (Å²) in [7, 11) is 4.77. The van der Waals surface area contributed by atoms with Gasteiger partial charge in [-0.05, 0) is 31.5 Å². The molecule has 0 saturated heterocycles. The number of hydrogen-bond donors (Lipinski definition) is 3. The van der Waals surface area contributed by atoms with E-state index in [4.69, 9.17) is 5.73 Å². The van der Waals surface area contributed by atoms with E-state index >= 15 is 0 Å². The molecule has 0 atom stereocenters. The van der Waals surface area contributed by atoms with E-state index < -0.39 is 0 Å². The molecule has 0 spiro atoms. The van der Waals surface area contributed by atoms with Crippen LogP contribution in [0.2, 0.25) is 0 Å². The number of hydrogen-bond acceptors (Lipinski definition) is 4. The summed E-state index contributed by atoms with van der Waals surface area (Å²) in [5.41, 5.74) is 9.41. The number of isothiocyanates is 1. The van der Waals surface area contributed by atoms with Gasteiger partial charge in [-0.15, -0.1) is 0 Å². The van der Waals surface area contributed by atoms with Gasteiger partial charge >= 0.3 is 0 Å². The van der Waals surface area contributed by atoms with Crippen molar-refractivity contribution in [3.8, 4) is 0 Å². The molecule has 0 saturated carbocycles. The molecule has 0 aromatic heterocycles. The largest absolute Gasteiger partial charge is 0.376 e. The van der Waals surface area contributed by atoms with Crippen molar-refractivity contribution in [1.29, 1.82) is 0 Å². The molecule has 0 rings (SSSR count). The second-order valence-corrected chi connectivity index (χ2v) is 1.55. The number of aliphatic imine (C=N–C) groups is 1. The Morgan fingerprint density at radius 2 is 1.73 bits per heavy atom. The summed E-state index contributed by atoms with van der Waals surface area (Å²) in [5.74, 6) is 0. The van der Waals surface area contributed by atoms with Crippen LogP contribution in [0.3, 0.4) is 0 Å². The minimum absolute atomic E-state index is 0.338. The van der Waals surface area contributed by atoms with E-state index in [1.165, 1.54) is 7.05 Å². The van der Waals surface area contributed by atoms with Crippen LogP contribution in [0.5, 0.6) is 0 Å². The Morgan fingerprint density at radius 1 is 1.55 bits per heavy atom. The molecule has 11 heavy (non-hydrogen) atoms. The maximum absolute atomic E-state index is 4.91. The molecule has 0 radical (unpaired) electrons. The van der Waals surface area contributed by atoms with Gasteiger partial charge in [-0.2, -0.15) is 0 Å². The molecule has 0 bridgehead atoms. The quantitative estimate of drug-likeness (QED) is 0.366. The van der Waals surface area contributed by atoms with Crippen LogP contribution in [-0.4, -0.2) is 31.4 Å². The molecule has 0 unspecified atom stereocenters. The summed E-state index contributed by atoms with van der Waals surface area (Å²) >= 11 is 8.50. The molecule has 0 amide bonds. The summed E-state index contributed by atoms with van der Waals surface area (Å²) in [6.45, 7) is 0. The SMILES string of the molecule is CN.CN=C=S.CNC(N)=S. The normalized spacial score (nSPS) is 5.09. The zero-order valence-corrected chi connectivity index (χ0v) is 8.55. The van der Waals surface area contributed by atoms with E-state index in [0.29, 0.717) is 5.11 Å². The molecule has 0 aliphatic heterocycles. The molecule has 0 aliphatic rings. The Hall–Kier alpha value is -0.550. The van der Waals surface area contributed by atoms with E-state index in [9.17, 15) is 0 Å². The van der Waals surface area contributed by atoms with Gasteiger partial charge in [0.2, 0.25) is 0 Å². The fourth-order valence-corrected chi connectivity index (χ4v) is 0. The zero-order chi connectivity index (χ0) is 9.70. The molecule has 0 fully saturated rings. The molecule has 0 aromatic carbocycles. The number of rotatable bonds is 0. The molecule has 0 aromatic rings. The highest BCUT2D eigenvalue weighted by atomic mass is 32.1. The highest BCUT2D eigenvalue weighted by Crippen LogP contribution is 1.43. The van der Waals surface area contributed by atoms with Crippen LogP contribution in [0.15, 0.2) is 4.99 Å².